The third kappa shape index (κ3) is 5.00. The van der Waals surface area contributed by atoms with Gasteiger partial charge in [-0.3, -0.25) is 4.79 Å². The maximum absolute atomic E-state index is 13.0. The molecule has 3 heterocycles. The number of nitrogens with zero attached hydrogens (tertiary/aromatic N) is 3. The van der Waals surface area contributed by atoms with E-state index in [0.29, 0.717) is 33.3 Å². The Labute approximate surface area is 237 Å². The van der Waals surface area contributed by atoms with Crippen molar-refractivity contribution in [3.8, 4) is 33.0 Å². The van der Waals surface area contributed by atoms with E-state index in [-0.39, 0.29) is 29.3 Å². The summed E-state index contributed by atoms with van der Waals surface area (Å²) in [6.07, 6.45) is 1.60. The van der Waals surface area contributed by atoms with Crippen LogP contribution in [0.15, 0.2) is 46.8 Å². The average molecular weight is 572 g/mol. The molecule has 8 nitrogen and oxygen atoms in total. The number of thiophene rings is 2. The van der Waals surface area contributed by atoms with Crippen LogP contribution in [0.1, 0.15) is 39.0 Å². The number of amides is 1. The zero-order valence-corrected chi connectivity index (χ0v) is 23.2. The molecule has 0 saturated carbocycles. The number of rotatable bonds is 7. The van der Waals surface area contributed by atoms with Gasteiger partial charge in [0.25, 0.3) is 0 Å². The standard InChI is InChI=1S/C28H21N5O3S3/c1-36-28(35)23-17-9-8-15-5-2-3-6-16(15)24(17)39-27(23)32-21(34)10-12-38-26-19(14-30)22(20-7-4-11-37-20)18(13-29)25(31)33-26/h2-7,11H,8-10,12H2,1H3,(H2,31,33)(H,32,34). The van der Waals surface area contributed by atoms with Crippen LogP contribution in [0.3, 0.4) is 0 Å². The van der Waals surface area contributed by atoms with E-state index in [2.05, 4.69) is 28.5 Å². The van der Waals surface area contributed by atoms with Crippen LogP contribution in [0.25, 0.3) is 20.9 Å². The number of nitriles is 2. The van der Waals surface area contributed by atoms with E-state index < -0.39 is 5.97 Å². The number of aromatic nitrogens is 1. The third-order valence-corrected chi connectivity index (χ3v) is 9.35. The summed E-state index contributed by atoms with van der Waals surface area (Å²) in [5.41, 5.74) is 10.5. The van der Waals surface area contributed by atoms with Gasteiger partial charge >= 0.3 is 5.97 Å². The zero-order chi connectivity index (χ0) is 27.5. The summed E-state index contributed by atoms with van der Waals surface area (Å²) in [5, 5.41) is 25.1. The summed E-state index contributed by atoms with van der Waals surface area (Å²) < 4.78 is 5.05. The summed E-state index contributed by atoms with van der Waals surface area (Å²) in [6.45, 7) is 0. The lowest BCUT2D eigenvalue weighted by molar-refractivity contribution is -0.115. The van der Waals surface area contributed by atoms with Crippen molar-refractivity contribution in [2.24, 2.45) is 0 Å². The number of nitrogens with two attached hydrogens (primary N) is 1. The van der Waals surface area contributed by atoms with E-state index in [0.717, 1.165) is 27.3 Å². The molecule has 0 spiro atoms. The van der Waals surface area contributed by atoms with Crippen molar-refractivity contribution >= 4 is 57.1 Å². The summed E-state index contributed by atoms with van der Waals surface area (Å²) in [5.74, 6) is -0.407. The number of nitrogen functional groups attached to an aromatic ring is 1. The number of methoxy groups -OCH3 is 1. The molecule has 0 saturated heterocycles. The second kappa shape index (κ2) is 11.3. The molecule has 0 aliphatic heterocycles. The number of anilines is 2. The lowest BCUT2D eigenvalue weighted by Crippen LogP contribution is -2.15. The molecule has 3 aromatic heterocycles. The first-order chi connectivity index (χ1) is 19.0. The van der Waals surface area contributed by atoms with E-state index in [4.69, 9.17) is 10.5 Å². The summed E-state index contributed by atoms with van der Waals surface area (Å²) in [4.78, 5) is 31.7. The van der Waals surface area contributed by atoms with Crippen LogP contribution >= 0.6 is 34.4 Å². The molecule has 4 aromatic rings. The number of benzene rings is 1. The van der Waals surface area contributed by atoms with Crippen LogP contribution in [-0.4, -0.2) is 29.7 Å². The van der Waals surface area contributed by atoms with Crippen molar-refractivity contribution < 1.29 is 14.3 Å². The van der Waals surface area contributed by atoms with Crippen LogP contribution in [0.5, 0.6) is 0 Å². The Hall–Kier alpha value is -4.16. The summed E-state index contributed by atoms with van der Waals surface area (Å²) in [6, 6.07) is 15.9. The molecule has 0 unspecified atom stereocenters. The first-order valence-corrected chi connectivity index (χ1v) is 14.6. The van der Waals surface area contributed by atoms with Crippen LogP contribution in [0.4, 0.5) is 10.8 Å². The normalized spacial score (nSPS) is 11.6. The average Bonchev–Trinajstić information content (AvgIpc) is 3.60. The number of hydrogen-bond acceptors (Lipinski definition) is 10. The van der Waals surface area contributed by atoms with Crippen LogP contribution in [0.2, 0.25) is 0 Å². The fourth-order valence-electron chi connectivity index (χ4n) is 4.55. The van der Waals surface area contributed by atoms with Gasteiger partial charge in [0.1, 0.15) is 33.5 Å². The molecule has 1 aliphatic rings. The molecule has 0 bridgehead atoms. The van der Waals surface area contributed by atoms with Gasteiger partial charge in [-0.2, -0.15) is 10.5 Å². The number of nitrogens with one attached hydrogen (secondary N) is 1. The zero-order valence-electron chi connectivity index (χ0n) is 20.7. The Balaban J connectivity index is 1.36. The molecule has 39 heavy (non-hydrogen) atoms. The fourth-order valence-corrected chi connectivity index (χ4v) is 7.58. The van der Waals surface area contributed by atoms with Gasteiger partial charge in [-0.1, -0.05) is 30.3 Å². The second-order valence-corrected chi connectivity index (χ2v) is 11.6. The Bertz CT molecular complexity index is 1680. The van der Waals surface area contributed by atoms with E-state index in [9.17, 15) is 20.1 Å². The van der Waals surface area contributed by atoms with Gasteiger partial charge in [0.05, 0.1) is 18.2 Å². The smallest absolute Gasteiger partial charge is 0.341 e. The molecule has 194 valence electrons. The highest BCUT2D eigenvalue weighted by Crippen LogP contribution is 2.45. The van der Waals surface area contributed by atoms with Crippen molar-refractivity contribution in [1.82, 2.24) is 4.98 Å². The number of carbonyl (C=O) groups excluding carboxylic acids is 2. The van der Waals surface area contributed by atoms with Crippen molar-refractivity contribution in [2.45, 2.75) is 24.3 Å². The predicted octanol–water partition coefficient (Wildman–Crippen LogP) is 5.87. The van der Waals surface area contributed by atoms with Gasteiger partial charge in [-0.05, 0) is 41.0 Å². The minimum Gasteiger partial charge on any atom is -0.465 e. The quantitative estimate of drug-likeness (QED) is 0.207. The molecule has 0 atom stereocenters. The van der Waals surface area contributed by atoms with Crippen molar-refractivity contribution in [3.63, 3.8) is 0 Å². The largest absolute Gasteiger partial charge is 0.465 e. The van der Waals surface area contributed by atoms with Crippen LogP contribution in [-0.2, 0) is 22.4 Å². The number of carbonyl (C=O) groups is 2. The third-order valence-electron chi connectivity index (χ3n) is 6.31. The van der Waals surface area contributed by atoms with Gasteiger partial charge in [0, 0.05) is 27.5 Å². The molecule has 1 aliphatic carbocycles. The van der Waals surface area contributed by atoms with Gasteiger partial charge < -0.3 is 15.8 Å². The van der Waals surface area contributed by atoms with E-state index in [1.807, 2.05) is 35.7 Å². The van der Waals surface area contributed by atoms with Crippen molar-refractivity contribution in [2.75, 3.05) is 23.9 Å². The van der Waals surface area contributed by atoms with Crippen molar-refractivity contribution in [1.29, 1.82) is 10.5 Å². The number of esters is 1. The van der Waals surface area contributed by atoms with Crippen LogP contribution in [0, 0.1) is 22.7 Å². The summed E-state index contributed by atoms with van der Waals surface area (Å²) in [7, 11) is 1.33. The topological polar surface area (TPSA) is 142 Å². The molecule has 0 radical (unpaired) electrons. The molecule has 0 fully saturated rings. The number of hydrogen-bond donors (Lipinski definition) is 2. The second-order valence-electron chi connectivity index (χ2n) is 8.54. The fraction of sp³-hybridized carbons (Fsp3) is 0.179. The Morgan fingerprint density at radius 2 is 1.95 bits per heavy atom. The number of aryl methyl sites for hydroxylation is 1. The SMILES string of the molecule is COC(=O)c1c(NC(=O)CCSc2nc(N)c(C#N)c(-c3cccs3)c2C#N)sc2c1CCc1ccccc1-2. The molecule has 5 rings (SSSR count). The van der Waals surface area contributed by atoms with E-state index in [1.54, 1.807) is 0 Å². The Morgan fingerprint density at radius 3 is 2.67 bits per heavy atom. The van der Waals surface area contributed by atoms with E-state index in [1.165, 1.54) is 47.1 Å². The van der Waals surface area contributed by atoms with Crippen LogP contribution < -0.4 is 11.1 Å². The minimum absolute atomic E-state index is 0.0408. The van der Waals surface area contributed by atoms with Gasteiger partial charge in [-0.25, -0.2) is 9.78 Å². The minimum atomic E-state index is -0.478. The monoisotopic (exact) mass is 571 g/mol. The predicted molar refractivity (Wildman–Crippen MR) is 154 cm³/mol. The number of pyridine rings is 1. The first kappa shape index (κ1) is 26.4. The van der Waals surface area contributed by atoms with Gasteiger partial charge in [-0.15, -0.1) is 34.4 Å². The Kier molecular flexibility index (Phi) is 7.66. The maximum atomic E-state index is 13.0. The molecule has 3 N–H and O–H groups in total. The number of ether oxygens (including phenoxy) is 1. The molecular formula is C28H21N5O3S3. The van der Waals surface area contributed by atoms with Gasteiger partial charge in [0.15, 0.2) is 0 Å². The highest BCUT2D eigenvalue weighted by atomic mass is 32.2. The number of thioether (sulfide) groups is 1. The van der Waals surface area contributed by atoms with Crippen molar-refractivity contribution in [3.05, 3.63) is 69.6 Å². The number of fused-ring (bicyclic) bond motifs is 3. The molecule has 1 amide bonds. The molecular weight excluding hydrogens is 551 g/mol. The lowest BCUT2D eigenvalue weighted by Gasteiger charge is -2.16. The highest BCUT2D eigenvalue weighted by molar-refractivity contribution is 7.99. The molecule has 1 aromatic carbocycles. The van der Waals surface area contributed by atoms with Gasteiger partial charge in [0.2, 0.25) is 5.91 Å². The summed E-state index contributed by atoms with van der Waals surface area (Å²) >= 11 is 4.00. The maximum Gasteiger partial charge on any atom is 0.341 e. The lowest BCUT2D eigenvalue weighted by atomic mass is 9.89. The van der Waals surface area contributed by atoms with E-state index >= 15 is 0 Å². The first-order valence-electron chi connectivity index (χ1n) is 11.9. The molecule has 11 heteroatoms. The Morgan fingerprint density at radius 1 is 1.15 bits per heavy atom. The highest BCUT2D eigenvalue weighted by Gasteiger charge is 2.29.